The van der Waals surface area contributed by atoms with E-state index in [-0.39, 0.29) is 13.2 Å². The van der Waals surface area contributed by atoms with Gasteiger partial charge in [0.1, 0.15) is 6.04 Å². The normalized spacial score (nSPS) is 20.0. The van der Waals surface area contributed by atoms with Crippen molar-refractivity contribution in [1.82, 2.24) is 20.0 Å². The van der Waals surface area contributed by atoms with Gasteiger partial charge in [-0.05, 0) is 12.1 Å². The third-order valence-corrected chi connectivity index (χ3v) is 3.28. The summed E-state index contributed by atoms with van der Waals surface area (Å²) in [5.74, 6) is 0.706. The molecule has 1 aliphatic heterocycles. The first kappa shape index (κ1) is 14.0. The molecule has 21 heavy (non-hydrogen) atoms. The number of aromatic nitrogens is 3. The van der Waals surface area contributed by atoms with Gasteiger partial charge in [-0.25, -0.2) is 8.78 Å². The molecule has 0 saturated carbocycles. The standard InChI is InChI=1S/C13H14F2N4O2/c14-11(15)7-19-5-6-20-8-10(19)13-17-12(18-21-13)9-1-3-16-4-2-9/h1-4,10-11H,5-8H2. The van der Waals surface area contributed by atoms with Crippen LogP contribution in [0.2, 0.25) is 0 Å². The second kappa shape index (κ2) is 6.23. The number of rotatable bonds is 4. The highest BCUT2D eigenvalue weighted by atomic mass is 19.3. The molecule has 0 spiro atoms. The van der Waals surface area contributed by atoms with Crippen molar-refractivity contribution in [2.24, 2.45) is 0 Å². The molecule has 1 atom stereocenters. The average molecular weight is 296 g/mol. The molecular formula is C13H14F2N4O2. The van der Waals surface area contributed by atoms with Crippen LogP contribution in [0.4, 0.5) is 8.78 Å². The van der Waals surface area contributed by atoms with Crippen molar-refractivity contribution >= 4 is 0 Å². The van der Waals surface area contributed by atoms with Crippen molar-refractivity contribution in [3.8, 4) is 11.4 Å². The molecular weight excluding hydrogens is 282 g/mol. The van der Waals surface area contributed by atoms with Gasteiger partial charge in [-0.1, -0.05) is 5.16 Å². The molecule has 1 fully saturated rings. The Hall–Kier alpha value is -1.93. The van der Waals surface area contributed by atoms with E-state index in [0.29, 0.717) is 24.9 Å². The second-order valence-corrected chi connectivity index (χ2v) is 4.67. The van der Waals surface area contributed by atoms with Crippen molar-refractivity contribution in [3.05, 3.63) is 30.4 Å². The zero-order chi connectivity index (χ0) is 14.7. The summed E-state index contributed by atoms with van der Waals surface area (Å²) < 4.78 is 35.8. The van der Waals surface area contributed by atoms with Gasteiger partial charge in [0.25, 0.3) is 6.43 Å². The van der Waals surface area contributed by atoms with Crippen molar-refractivity contribution in [3.63, 3.8) is 0 Å². The van der Waals surface area contributed by atoms with Crippen LogP contribution in [0.25, 0.3) is 11.4 Å². The van der Waals surface area contributed by atoms with Gasteiger partial charge in [0.15, 0.2) is 0 Å². The number of ether oxygens (including phenoxy) is 1. The van der Waals surface area contributed by atoms with E-state index < -0.39 is 12.5 Å². The fourth-order valence-corrected chi connectivity index (χ4v) is 2.25. The van der Waals surface area contributed by atoms with Gasteiger partial charge in [-0.15, -0.1) is 0 Å². The summed E-state index contributed by atoms with van der Waals surface area (Å²) in [6, 6.07) is 3.07. The predicted molar refractivity (Wildman–Crippen MR) is 68.7 cm³/mol. The molecule has 0 aromatic carbocycles. The monoisotopic (exact) mass is 296 g/mol. The molecule has 6 nitrogen and oxygen atoms in total. The molecule has 1 unspecified atom stereocenters. The number of morpholine rings is 1. The molecule has 3 rings (SSSR count). The van der Waals surface area contributed by atoms with E-state index in [0.717, 1.165) is 5.56 Å². The van der Waals surface area contributed by atoms with E-state index >= 15 is 0 Å². The van der Waals surface area contributed by atoms with Gasteiger partial charge in [0.05, 0.1) is 19.8 Å². The van der Waals surface area contributed by atoms with E-state index in [1.165, 1.54) is 0 Å². The number of hydrogen-bond donors (Lipinski definition) is 0. The third kappa shape index (κ3) is 3.22. The van der Waals surface area contributed by atoms with Crippen molar-refractivity contribution in [2.45, 2.75) is 12.5 Å². The highest BCUT2D eigenvalue weighted by Gasteiger charge is 2.31. The Kier molecular flexibility index (Phi) is 4.16. The van der Waals surface area contributed by atoms with Gasteiger partial charge in [-0.3, -0.25) is 9.88 Å². The SMILES string of the molecule is FC(F)CN1CCOCC1c1nc(-c2ccncc2)no1. The maximum Gasteiger partial charge on any atom is 0.251 e. The van der Waals surface area contributed by atoms with Gasteiger partial charge >= 0.3 is 0 Å². The lowest BCUT2D eigenvalue weighted by Gasteiger charge is -2.32. The fraction of sp³-hybridized carbons (Fsp3) is 0.462. The Morgan fingerprint density at radius 2 is 2.14 bits per heavy atom. The van der Waals surface area contributed by atoms with E-state index in [9.17, 15) is 8.78 Å². The molecule has 2 aromatic heterocycles. The zero-order valence-corrected chi connectivity index (χ0v) is 11.2. The second-order valence-electron chi connectivity index (χ2n) is 4.67. The number of halogens is 2. The number of nitrogens with zero attached hydrogens (tertiary/aromatic N) is 4. The molecule has 0 radical (unpaired) electrons. The van der Waals surface area contributed by atoms with E-state index in [1.54, 1.807) is 29.4 Å². The van der Waals surface area contributed by atoms with Crippen LogP contribution in [-0.2, 0) is 4.74 Å². The minimum atomic E-state index is -2.41. The molecule has 0 bridgehead atoms. The lowest BCUT2D eigenvalue weighted by Crippen LogP contribution is -2.42. The van der Waals surface area contributed by atoms with Gasteiger partial charge in [0.2, 0.25) is 11.7 Å². The summed E-state index contributed by atoms with van der Waals surface area (Å²) in [4.78, 5) is 9.81. The zero-order valence-electron chi connectivity index (χ0n) is 11.2. The first-order valence-corrected chi connectivity index (χ1v) is 6.58. The Morgan fingerprint density at radius 3 is 2.90 bits per heavy atom. The summed E-state index contributed by atoms with van der Waals surface area (Å²) >= 11 is 0. The van der Waals surface area contributed by atoms with Crippen LogP contribution in [-0.4, -0.2) is 52.8 Å². The summed E-state index contributed by atoms with van der Waals surface area (Å²) in [6.07, 6.45) is 0.837. The third-order valence-electron chi connectivity index (χ3n) is 3.28. The molecule has 112 valence electrons. The average Bonchev–Trinajstić information content (AvgIpc) is 2.98. The van der Waals surface area contributed by atoms with Gasteiger partial charge in [-0.2, -0.15) is 4.98 Å². The van der Waals surface area contributed by atoms with E-state index in [2.05, 4.69) is 15.1 Å². The van der Waals surface area contributed by atoms with Crippen molar-refractivity contribution in [1.29, 1.82) is 0 Å². The Balaban J connectivity index is 1.80. The van der Waals surface area contributed by atoms with Crippen molar-refractivity contribution < 1.29 is 18.0 Å². The van der Waals surface area contributed by atoms with Gasteiger partial charge in [0, 0.05) is 24.5 Å². The number of hydrogen-bond acceptors (Lipinski definition) is 6. The smallest absolute Gasteiger partial charge is 0.251 e. The maximum absolute atomic E-state index is 12.6. The number of pyridine rings is 1. The molecule has 3 heterocycles. The van der Waals surface area contributed by atoms with Crippen LogP contribution >= 0.6 is 0 Å². The highest BCUT2D eigenvalue weighted by Crippen LogP contribution is 2.25. The van der Waals surface area contributed by atoms with Crippen LogP contribution in [0.5, 0.6) is 0 Å². The first-order chi connectivity index (χ1) is 10.2. The molecule has 1 saturated heterocycles. The molecule has 1 aliphatic rings. The van der Waals surface area contributed by atoms with Crippen LogP contribution < -0.4 is 0 Å². The van der Waals surface area contributed by atoms with Crippen LogP contribution in [0, 0.1) is 0 Å². The minimum absolute atomic E-state index is 0.269. The summed E-state index contributed by atoms with van der Waals surface area (Å²) in [5, 5.41) is 3.89. The van der Waals surface area contributed by atoms with E-state index in [4.69, 9.17) is 9.26 Å². The van der Waals surface area contributed by atoms with Gasteiger partial charge < -0.3 is 9.26 Å². The highest BCUT2D eigenvalue weighted by molar-refractivity contribution is 5.52. The molecule has 0 N–H and O–H groups in total. The lowest BCUT2D eigenvalue weighted by atomic mass is 10.2. The molecule has 8 heteroatoms. The maximum atomic E-state index is 12.6. The largest absolute Gasteiger partial charge is 0.378 e. The van der Waals surface area contributed by atoms with Crippen LogP contribution in [0.3, 0.4) is 0 Å². The Morgan fingerprint density at radius 1 is 1.33 bits per heavy atom. The minimum Gasteiger partial charge on any atom is -0.378 e. The summed E-state index contributed by atoms with van der Waals surface area (Å²) in [6.45, 7) is 0.780. The fourth-order valence-electron chi connectivity index (χ4n) is 2.25. The summed E-state index contributed by atoms with van der Waals surface area (Å²) in [7, 11) is 0. The molecule has 0 amide bonds. The topological polar surface area (TPSA) is 64.3 Å². The van der Waals surface area contributed by atoms with Crippen molar-refractivity contribution in [2.75, 3.05) is 26.3 Å². The predicted octanol–water partition coefficient (Wildman–Crippen LogP) is 1.77. The molecule has 2 aromatic rings. The van der Waals surface area contributed by atoms with E-state index in [1.807, 2.05) is 0 Å². The number of alkyl halides is 2. The lowest BCUT2D eigenvalue weighted by molar-refractivity contribution is -0.0430. The Bertz CT molecular complexity index is 579. The first-order valence-electron chi connectivity index (χ1n) is 6.58. The van der Waals surface area contributed by atoms with Crippen LogP contribution in [0.15, 0.2) is 29.0 Å². The van der Waals surface area contributed by atoms with Crippen LogP contribution in [0.1, 0.15) is 11.9 Å². The quantitative estimate of drug-likeness (QED) is 0.857. The Labute approximate surface area is 119 Å². The summed E-state index contributed by atoms with van der Waals surface area (Å²) in [5.41, 5.74) is 0.761. The molecule has 0 aliphatic carbocycles.